The molecule has 1 aliphatic heterocycles. The Morgan fingerprint density at radius 3 is 2.25 bits per heavy atom. The van der Waals surface area contributed by atoms with Gasteiger partial charge in [-0.1, -0.05) is 24.3 Å². The Morgan fingerprint density at radius 2 is 1.63 bits per heavy atom. The zero-order valence-corrected chi connectivity index (χ0v) is 30.7. The molecule has 2 heterocycles. The van der Waals surface area contributed by atoms with Crippen molar-refractivity contribution in [2.45, 2.75) is 47.6 Å². The minimum absolute atomic E-state index is 0.0502. The molecule has 0 saturated carbocycles. The first-order valence-corrected chi connectivity index (χ1v) is 17.5. The van der Waals surface area contributed by atoms with Gasteiger partial charge in [0.15, 0.2) is 11.5 Å². The fraction of sp³-hybridized carbons (Fsp3) is 0.350. The summed E-state index contributed by atoms with van der Waals surface area (Å²) in [4.78, 5) is 42.0. The standard InChI is InChI=1S/C40H49N7O4/c1-8-45(9-2)36(48)20-14-30-13-19-34(35(25-30)50-7)51-39-33(38(49)43-37-28(5)11-10-12-29(37)6)26-41-40(44-39)42-31-15-17-32(18-16-31)47-23-21-46(22-24-47)27(3)4/h10-20,25-27H,8-9,21-24H2,1-7H3,(H,43,49)(H,41,42,44). The van der Waals surface area contributed by atoms with Crippen LogP contribution in [0.1, 0.15) is 54.7 Å². The summed E-state index contributed by atoms with van der Waals surface area (Å²) in [5, 5.41) is 6.28. The number of nitrogens with zero attached hydrogens (tertiary/aromatic N) is 5. The summed E-state index contributed by atoms with van der Waals surface area (Å²) in [7, 11) is 1.53. The lowest BCUT2D eigenvalue weighted by Gasteiger charge is -2.38. The van der Waals surface area contributed by atoms with Crippen LogP contribution in [0.25, 0.3) is 6.08 Å². The number of carbonyl (C=O) groups excluding carboxylic acids is 2. The van der Waals surface area contributed by atoms with Gasteiger partial charge < -0.3 is 29.9 Å². The van der Waals surface area contributed by atoms with Crippen LogP contribution in [0.5, 0.6) is 17.4 Å². The molecule has 2 amide bonds. The van der Waals surface area contributed by atoms with Crippen LogP contribution in [0.4, 0.5) is 23.0 Å². The van der Waals surface area contributed by atoms with E-state index in [0.29, 0.717) is 36.3 Å². The van der Waals surface area contributed by atoms with Crippen molar-refractivity contribution in [3.05, 3.63) is 95.2 Å². The summed E-state index contributed by atoms with van der Waals surface area (Å²) in [6.45, 7) is 17.6. The maximum absolute atomic E-state index is 13.7. The highest BCUT2D eigenvalue weighted by molar-refractivity contribution is 6.06. The number of likely N-dealkylation sites (N-methyl/N-ethyl adjacent to an activating group) is 1. The molecule has 0 bridgehead atoms. The van der Waals surface area contributed by atoms with Crippen molar-refractivity contribution in [3.63, 3.8) is 0 Å². The minimum Gasteiger partial charge on any atom is -0.493 e. The second-order valence-corrected chi connectivity index (χ2v) is 12.8. The predicted octanol–water partition coefficient (Wildman–Crippen LogP) is 7.30. The van der Waals surface area contributed by atoms with E-state index in [2.05, 4.69) is 56.4 Å². The van der Waals surface area contributed by atoms with Gasteiger partial charge in [-0.05, 0) is 101 Å². The highest BCUT2D eigenvalue weighted by Gasteiger charge is 2.22. The summed E-state index contributed by atoms with van der Waals surface area (Å²) >= 11 is 0. The zero-order valence-electron chi connectivity index (χ0n) is 30.7. The average Bonchev–Trinajstić information content (AvgIpc) is 3.13. The van der Waals surface area contributed by atoms with Crippen molar-refractivity contribution in [2.75, 3.05) is 61.9 Å². The topological polar surface area (TPSA) is 112 Å². The normalized spacial score (nSPS) is 13.4. The number of aromatic nitrogens is 2. The highest BCUT2D eigenvalue weighted by atomic mass is 16.5. The fourth-order valence-electron chi connectivity index (χ4n) is 6.02. The van der Waals surface area contributed by atoms with Crippen molar-refractivity contribution in [1.82, 2.24) is 19.8 Å². The summed E-state index contributed by atoms with van der Waals surface area (Å²) in [6.07, 6.45) is 4.73. The number of benzene rings is 3. The Morgan fingerprint density at radius 1 is 0.941 bits per heavy atom. The molecule has 2 N–H and O–H groups in total. The van der Waals surface area contributed by atoms with Gasteiger partial charge in [-0.2, -0.15) is 4.98 Å². The van der Waals surface area contributed by atoms with Crippen LogP contribution >= 0.6 is 0 Å². The van der Waals surface area contributed by atoms with Gasteiger partial charge in [-0.3, -0.25) is 14.5 Å². The van der Waals surface area contributed by atoms with Crippen molar-refractivity contribution >= 4 is 40.9 Å². The zero-order chi connectivity index (χ0) is 36.5. The third-order valence-electron chi connectivity index (χ3n) is 9.14. The molecule has 0 unspecified atom stereocenters. The Hall–Kier alpha value is -5.42. The van der Waals surface area contributed by atoms with Crippen molar-refractivity contribution in [3.8, 4) is 17.4 Å². The van der Waals surface area contributed by atoms with E-state index < -0.39 is 5.91 Å². The molecule has 0 spiro atoms. The number of anilines is 4. The van der Waals surface area contributed by atoms with Crippen molar-refractivity contribution in [2.24, 2.45) is 0 Å². The molecular weight excluding hydrogens is 642 g/mol. The fourth-order valence-corrected chi connectivity index (χ4v) is 6.02. The van der Waals surface area contributed by atoms with Crippen LogP contribution in [0.15, 0.2) is 72.9 Å². The highest BCUT2D eigenvalue weighted by Crippen LogP contribution is 2.34. The van der Waals surface area contributed by atoms with Gasteiger partial charge in [0.1, 0.15) is 5.56 Å². The van der Waals surface area contributed by atoms with Gasteiger partial charge >= 0.3 is 0 Å². The molecule has 4 aromatic rings. The van der Waals surface area contributed by atoms with Crippen molar-refractivity contribution in [1.29, 1.82) is 0 Å². The molecule has 0 radical (unpaired) electrons. The predicted molar refractivity (Wildman–Crippen MR) is 205 cm³/mol. The Labute approximate surface area is 301 Å². The van der Waals surface area contributed by atoms with Gasteiger partial charge in [-0.15, -0.1) is 0 Å². The third kappa shape index (κ3) is 9.23. The van der Waals surface area contributed by atoms with Crippen LogP contribution in [0.2, 0.25) is 0 Å². The van der Waals surface area contributed by atoms with Gasteiger partial charge in [0.05, 0.1) is 7.11 Å². The molecule has 1 saturated heterocycles. The van der Waals surface area contributed by atoms with E-state index in [1.807, 2.05) is 64.1 Å². The van der Waals surface area contributed by atoms with E-state index in [9.17, 15) is 9.59 Å². The number of hydrogen-bond acceptors (Lipinski definition) is 9. The second kappa shape index (κ2) is 17.0. The molecule has 0 aliphatic carbocycles. The van der Waals surface area contributed by atoms with E-state index in [0.717, 1.165) is 54.2 Å². The SMILES string of the molecule is CCN(CC)C(=O)C=Cc1ccc(Oc2nc(Nc3ccc(N4CCN(C(C)C)CC4)cc3)ncc2C(=O)Nc2c(C)cccc2C)c(OC)c1. The van der Waals surface area contributed by atoms with Gasteiger partial charge in [0.25, 0.3) is 5.91 Å². The lowest BCUT2D eigenvalue weighted by Crippen LogP contribution is -2.48. The largest absolute Gasteiger partial charge is 0.493 e. The lowest BCUT2D eigenvalue weighted by atomic mass is 10.1. The first-order chi connectivity index (χ1) is 24.6. The second-order valence-electron chi connectivity index (χ2n) is 12.8. The number of aryl methyl sites for hydroxylation is 2. The number of hydrogen-bond donors (Lipinski definition) is 2. The van der Waals surface area contributed by atoms with Gasteiger partial charge in [0, 0.05) is 74.6 Å². The Bertz CT molecular complexity index is 1830. The van der Waals surface area contributed by atoms with E-state index >= 15 is 0 Å². The smallest absolute Gasteiger partial charge is 0.262 e. The Balaban J connectivity index is 1.40. The maximum Gasteiger partial charge on any atom is 0.262 e. The van der Waals surface area contributed by atoms with E-state index in [1.54, 1.807) is 29.2 Å². The minimum atomic E-state index is -0.413. The monoisotopic (exact) mass is 691 g/mol. The molecule has 1 aromatic heterocycles. The van der Waals surface area contributed by atoms with Crippen LogP contribution in [0, 0.1) is 13.8 Å². The number of ether oxygens (including phenoxy) is 2. The van der Waals surface area contributed by atoms with Crippen LogP contribution in [-0.4, -0.2) is 84.0 Å². The van der Waals surface area contributed by atoms with Crippen molar-refractivity contribution < 1.29 is 19.1 Å². The van der Waals surface area contributed by atoms with Crippen LogP contribution < -0.4 is 25.0 Å². The molecule has 5 rings (SSSR count). The molecule has 1 fully saturated rings. The number of carbonyl (C=O) groups is 2. The molecule has 268 valence electrons. The number of piperazine rings is 1. The average molecular weight is 692 g/mol. The number of methoxy groups -OCH3 is 1. The van der Waals surface area contributed by atoms with Crippen LogP contribution in [-0.2, 0) is 4.79 Å². The molecule has 0 atom stereocenters. The van der Waals surface area contributed by atoms with Crippen LogP contribution in [0.3, 0.4) is 0 Å². The molecule has 3 aromatic carbocycles. The van der Waals surface area contributed by atoms with Gasteiger partial charge in [0.2, 0.25) is 17.7 Å². The molecule has 11 heteroatoms. The first kappa shape index (κ1) is 36.9. The molecule has 1 aliphatic rings. The number of para-hydroxylation sites is 1. The summed E-state index contributed by atoms with van der Waals surface area (Å²) in [6, 6.07) is 19.9. The summed E-state index contributed by atoms with van der Waals surface area (Å²) in [5.41, 5.74) is 5.44. The third-order valence-corrected chi connectivity index (χ3v) is 9.14. The van der Waals surface area contributed by atoms with E-state index in [-0.39, 0.29) is 23.3 Å². The Kier molecular flexibility index (Phi) is 12.3. The van der Waals surface area contributed by atoms with E-state index in [1.165, 1.54) is 13.3 Å². The quantitative estimate of drug-likeness (QED) is 0.140. The molecule has 11 nitrogen and oxygen atoms in total. The molecule has 51 heavy (non-hydrogen) atoms. The summed E-state index contributed by atoms with van der Waals surface area (Å²) < 4.78 is 12.0. The van der Waals surface area contributed by atoms with Gasteiger partial charge in [-0.25, -0.2) is 4.98 Å². The number of amides is 2. The number of rotatable bonds is 13. The lowest BCUT2D eigenvalue weighted by molar-refractivity contribution is -0.125. The summed E-state index contributed by atoms with van der Waals surface area (Å²) in [5.74, 6) is 0.585. The molecular formula is C40H49N7O4. The first-order valence-electron chi connectivity index (χ1n) is 17.5. The maximum atomic E-state index is 13.7. The van der Waals surface area contributed by atoms with E-state index in [4.69, 9.17) is 9.47 Å². The number of nitrogens with one attached hydrogen (secondary N) is 2.